The molecule has 0 aliphatic carbocycles. The van der Waals surface area contributed by atoms with Crippen LogP contribution in [0.2, 0.25) is 0 Å². The molecule has 0 bridgehead atoms. The Morgan fingerprint density at radius 3 is 2.56 bits per heavy atom. The van der Waals surface area contributed by atoms with Crippen LogP contribution in [0.4, 0.5) is 22.0 Å². The molecule has 1 aliphatic heterocycles. The van der Waals surface area contributed by atoms with Crippen molar-refractivity contribution in [3.8, 4) is 0 Å². The van der Waals surface area contributed by atoms with E-state index >= 15 is 0 Å². The summed E-state index contributed by atoms with van der Waals surface area (Å²) in [6, 6.07) is 6.75. The molecule has 6 nitrogen and oxygen atoms in total. The second kappa shape index (κ2) is 8.98. The Hall–Kier alpha value is -3.60. The lowest BCUT2D eigenvalue weighted by Gasteiger charge is -2.34. The van der Waals surface area contributed by atoms with Gasteiger partial charge in [-0.15, -0.1) is 0 Å². The van der Waals surface area contributed by atoms with Gasteiger partial charge in [0, 0.05) is 17.7 Å². The van der Waals surface area contributed by atoms with Gasteiger partial charge >= 0.3 is 6.18 Å². The van der Waals surface area contributed by atoms with Crippen LogP contribution in [0.5, 0.6) is 0 Å². The first-order valence-electron chi connectivity index (χ1n) is 10.2. The van der Waals surface area contributed by atoms with Gasteiger partial charge < -0.3 is 9.64 Å². The number of hydrogen-bond donors (Lipinski definition) is 0. The van der Waals surface area contributed by atoms with Gasteiger partial charge in [0.2, 0.25) is 5.91 Å². The number of carbonyl (C=O) groups excluding carboxylic acids is 1. The molecule has 1 aliphatic rings. The van der Waals surface area contributed by atoms with E-state index in [4.69, 9.17) is 4.74 Å². The second-order valence-electron chi connectivity index (χ2n) is 7.82. The standard InChI is InChI=1S/C23H19F5N4O2/c1-15-22(11-31-13-29-12-30-31,19-8-7-18(24)10-20(19)25)34-14-32(15)21(33)9-4-16-2-5-17(6-3-16)23(26,27)28/h2-10,12-13,15H,11,14H2,1H3/t15?,22-/m1/s1. The molecule has 2 atom stereocenters. The minimum absolute atomic E-state index is 0.00309. The summed E-state index contributed by atoms with van der Waals surface area (Å²) < 4.78 is 73.9. The van der Waals surface area contributed by atoms with E-state index in [1.54, 1.807) is 6.92 Å². The largest absolute Gasteiger partial charge is 0.416 e. The predicted molar refractivity (Wildman–Crippen MR) is 111 cm³/mol. The molecule has 0 spiro atoms. The summed E-state index contributed by atoms with van der Waals surface area (Å²) in [5, 5.41) is 4.03. The van der Waals surface area contributed by atoms with Gasteiger partial charge in [0.25, 0.3) is 0 Å². The maximum absolute atomic E-state index is 14.8. The third-order valence-electron chi connectivity index (χ3n) is 5.79. The zero-order chi connectivity index (χ0) is 24.5. The molecule has 0 N–H and O–H groups in total. The third kappa shape index (κ3) is 4.56. The van der Waals surface area contributed by atoms with Crippen molar-refractivity contribution < 1.29 is 31.5 Å². The van der Waals surface area contributed by atoms with Crippen molar-refractivity contribution >= 4 is 12.0 Å². The summed E-state index contributed by atoms with van der Waals surface area (Å²) in [5.74, 6) is -2.08. The summed E-state index contributed by atoms with van der Waals surface area (Å²) in [5.41, 5.74) is -1.73. The highest BCUT2D eigenvalue weighted by atomic mass is 19.4. The second-order valence-corrected chi connectivity index (χ2v) is 7.82. The van der Waals surface area contributed by atoms with Gasteiger partial charge in [-0.25, -0.2) is 18.4 Å². The smallest absolute Gasteiger partial charge is 0.346 e. The van der Waals surface area contributed by atoms with E-state index in [-0.39, 0.29) is 18.8 Å². The van der Waals surface area contributed by atoms with E-state index in [1.807, 2.05) is 0 Å². The normalized spacial score (nSPS) is 20.9. The van der Waals surface area contributed by atoms with Gasteiger partial charge in [0.15, 0.2) is 0 Å². The third-order valence-corrected chi connectivity index (χ3v) is 5.79. The fraction of sp³-hybridized carbons (Fsp3) is 0.261. The van der Waals surface area contributed by atoms with E-state index in [1.165, 1.54) is 52.6 Å². The van der Waals surface area contributed by atoms with Crippen LogP contribution in [0.15, 0.2) is 61.2 Å². The zero-order valence-electron chi connectivity index (χ0n) is 17.8. The highest BCUT2D eigenvalue weighted by Crippen LogP contribution is 2.41. The van der Waals surface area contributed by atoms with Gasteiger partial charge in [-0.3, -0.25) is 4.79 Å². The average molecular weight is 478 g/mol. The molecule has 178 valence electrons. The molecular weight excluding hydrogens is 459 g/mol. The van der Waals surface area contributed by atoms with E-state index in [9.17, 15) is 26.7 Å². The van der Waals surface area contributed by atoms with Crippen molar-refractivity contribution in [3.63, 3.8) is 0 Å². The Morgan fingerprint density at radius 2 is 1.94 bits per heavy atom. The lowest BCUT2D eigenvalue weighted by atomic mass is 9.86. The van der Waals surface area contributed by atoms with Crippen LogP contribution < -0.4 is 0 Å². The first-order valence-corrected chi connectivity index (χ1v) is 10.2. The Kier molecular flexibility index (Phi) is 6.22. The van der Waals surface area contributed by atoms with Crippen molar-refractivity contribution in [1.82, 2.24) is 19.7 Å². The number of hydrogen-bond acceptors (Lipinski definition) is 4. The number of amides is 1. The Labute approximate surface area is 191 Å². The number of aromatic nitrogens is 3. The molecule has 0 radical (unpaired) electrons. The number of halogens is 5. The molecule has 34 heavy (non-hydrogen) atoms. The highest BCUT2D eigenvalue weighted by molar-refractivity contribution is 5.92. The van der Waals surface area contributed by atoms with E-state index in [0.29, 0.717) is 5.56 Å². The maximum Gasteiger partial charge on any atom is 0.416 e. The van der Waals surface area contributed by atoms with Crippen LogP contribution in [0, 0.1) is 11.6 Å². The SMILES string of the molecule is CC1N(C(=O)C=Cc2ccc(C(F)(F)F)cc2)CO[C@@]1(Cn1cncn1)c1ccc(F)cc1F. The summed E-state index contributed by atoms with van der Waals surface area (Å²) in [7, 11) is 0. The van der Waals surface area contributed by atoms with Gasteiger partial charge in [-0.1, -0.05) is 18.2 Å². The monoisotopic (exact) mass is 478 g/mol. The van der Waals surface area contributed by atoms with Crippen molar-refractivity contribution in [3.05, 3.63) is 89.5 Å². The van der Waals surface area contributed by atoms with Gasteiger partial charge in [-0.2, -0.15) is 18.3 Å². The summed E-state index contributed by atoms with van der Waals surface area (Å²) in [6.07, 6.45) is 0.835. The number of rotatable bonds is 5. The molecule has 1 amide bonds. The molecule has 1 aromatic heterocycles. The first-order chi connectivity index (χ1) is 16.1. The van der Waals surface area contributed by atoms with Crippen LogP contribution in [-0.4, -0.2) is 38.3 Å². The molecule has 1 unspecified atom stereocenters. The van der Waals surface area contributed by atoms with Gasteiger partial charge in [0.05, 0.1) is 18.2 Å². The zero-order valence-corrected chi connectivity index (χ0v) is 17.8. The topological polar surface area (TPSA) is 60.2 Å². The minimum Gasteiger partial charge on any atom is -0.346 e. The van der Waals surface area contributed by atoms with Crippen LogP contribution in [0.3, 0.4) is 0 Å². The maximum atomic E-state index is 14.8. The lowest BCUT2D eigenvalue weighted by Crippen LogP contribution is -2.46. The summed E-state index contributed by atoms with van der Waals surface area (Å²) in [4.78, 5) is 18.1. The number of ether oxygens (including phenoxy) is 1. The molecule has 4 rings (SSSR count). The number of carbonyl (C=O) groups is 1. The molecule has 1 saturated heterocycles. The molecular formula is C23H19F5N4O2. The molecule has 11 heteroatoms. The van der Waals surface area contributed by atoms with Crippen LogP contribution in [-0.2, 0) is 27.9 Å². The summed E-state index contributed by atoms with van der Waals surface area (Å²) in [6.45, 7) is 1.47. The average Bonchev–Trinajstić information content (AvgIpc) is 3.40. The Balaban J connectivity index is 1.59. The van der Waals surface area contributed by atoms with Gasteiger partial charge in [-0.05, 0) is 36.8 Å². The first kappa shape index (κ1) is 23.6. The van der Waals surface area contributed by atoms with Crippen molar-refractivity contribution in [2.45, 2.75) is 31.3 Å². The quantitative estimate of drug-likeness (QED) is 0.403. The fourth-order valence-corrected chi connectivity index (χ4v) is 3.92. The van der Waals surface area contributed by atoms with E-state index in [0.717, 1.165) is 24.3 Å². The molecule has 1 fully saturated rings. The van der Waals surface area contributed by atoms with Crippen LogP contribution >= 0.6 is 0 Å². The number of benzene rings is 2. The molecule has 3 aromatic rings. The molecule has 2 heterocycles. The van der Waals surface area contributed by atoms with Crippen molar-refractivity contribution in [2.24, 2.45) is 0 Å². The van der Waals surface area contributed by atoms with Gasteiger partial charge in [0.1, 0.15) is 36.6 Å². The summed E-state index contributed by atoms with van der Waals surface area (Å²) >= 11 is 0. The lowest BCUT2D eigenvalue weighted by molar-refractivity contribution is -0.137. The molecule has 0 saturated carbocycles. The number of alkyl halides is 3. The van der Waals surface area contributed by atoms with Crippen LogP contribution in [0.25, 0.3) is 6.08 Å². The van der Waals surface area contributed by atoms with Crippen LogP contribution in [0.1, 0.15) is 23.6 Å². The van der Waals surface area contributed by atoms with E-state index < -0.39 is 40.9 Å². The minimum atomic E-state index is -4.45. The Bertz CT molecular complexity index is 1200. The van der Waals surface area contributed by atoms with E-state index in [2.05, 4.69) is 10.1 Å². The Morgan fingerprint density at radius 1 is 1.21 bits per heavy atom. The fourth-order valence-electron chi connectivity index (χ4n) is 3.92. The number of nitrogens with zero attached hydrogens (tertiary/aromatic N) is 4. The van der Waals surface area contributed by atoms with Crippen molar-refractivity contribution in [2.75, 3.05) is 6.73 Å². The predicted octanol–water partition coefficient (Wildman–Crippen LogP) is 4.39. The molecule has 2 aromatic carbocycles. The highest BCUT2D eigenvalue weighted by Gasteiger charge is 2.51. The van der Waals surface area contributed by atoms with Crippen molar-refractivity contribution in [1.29, 1.82) is 0 Å².